The highest BCUT2D eigenvalue weighted by Crippen LogP contribution is 2.35. The van der Waals surface area contributed by atoms with E-state index in [4.69, 9.17) is 15.0 Å². The molecule has 260 valence electrons. The van der Waals surface area contributed by atoms with Gasteiger partial charge in [-0.3, -0.25) is 9.97 Å². The number of hydrogen-bond donors (Lipinski definition) is 0. The standard InChI is InChI=1S/C49H34N6/c1-3-34(30-33(2)35-22-26-50-27-23-35)47-52-48(54-49(53-47)41-11-9-10-39(31-41)37-24-28-51-29-25-37)38-18-16-36(17-19-38)40-20-21-44-43-14-7-8-15-45(43)55(46(44)32-40)42-12-5-4-6-13-42/h3-32H,1-2H2/b34-30+. The molecule has 55 heavy (non-hydrogen) atoms. The van der Waals surface area contributed by atoms with Crippen LogP contribution in [0.4, 0.5) is 0 Å². The van der Waals surface area contributed by atoms with Crippen LogP contribution in [0.15, 0.2) is 196 Å². The Hall–Kier alpha value is -7.57. The van der Waals surface area contributed by atoms with Crippen LogP contribution in [0.25, 0.3) is 83.7 Å². The van der Waals surface area contributed by atoms with E-state index in [1.807, 2.05) is 42.5 Å². The zero-order valence-electron chi connectivity index (χ0n) is 29.9. The maximum atomic E-state index is 5.05. The van der Waals surface area contributed by atoms with Crippen molar-refractivity contribution in [3.8, 4) is 50.7 Å². The molecule has 0 fully saturated rings. The van der Waals surface area contributed by atoms with E-state index in [1.54, 1.807) is 30.9 Å². The SMILES string of the molecule is C=C/C(=C\C(=C)c1ccncc1)c1nc(-c2ccc(-c3ccc4c5ccccc5n(-c5ccccc5)c4c3)cc2)nc(-c2cccc(-c3ccncc3)c2)n1. The van der Waals surface area contributed by atoms with E-state index in [1.165, 1.54) is 16.3 Å². The number of para-hydroxylation sites is 2. The van der Waals surface area contributed by atoms with Crippen molar-refractivity contribution in [2.24, 2.45) is 0 Å². The van der Waals surface area contributed by atoms with Gasteiger partial charge in [-0.15, -0.1) is 0 Å². The van der Waals surface area contributed by atoms with Gasteiger partial charge in [0, 0.05) is 57.9 Å². The first-order valence-corrected chi connectivity index (χ1v) is 18.0. The smallest absolute Gasteiger partial charge is 0.164 e. The summed E-state index contributed by atoms with van der Waals surface area (Å²) >= 11 is 0. The number of nitrogens with zero attached hydrogens (tertiary/aromatic N) is 6. The fraction of sp³-hybridized carbons (Fsp3) is 0. The molecule has 0 aliphatic rings. The van der Waals surface area contributed by atoms with Gasteiger partial charge in [0.25, 0.3) is 0 Å². The Morgan fingerprint density at radius 2 is 1.09 bits per heavy atom. The number of allylic oxidation sites excluding steroid dienone is 4. The maximum Gasteiger partial charge on any atom is 0.164 e. The van der Waals surface area contributed by atoms with Crippen LogP contribution in [-0.4, -0.2) is 29.5 Å². The molecule has 0 saturated heterocycles. The minimum atomic E-state index is 0.503. The van der Waals surface area contributed by atoms with Crippen LogP contribution in [0.3, 0.4) is 0 Å². The van der Waals surface area contributed by atoms with E-state index in [-0.39, 0.29) is 0 Å². The van der Waals surface area contributed by atoms with Crippen LogP contribution >= 0.6 is 0 Å². The molecule has 0 saturated carbocycles. The summed E-state index contributed by atoms with van der Waals surface area (Å²) in [5.74, 6) is 1.62. The van der Waals surface area contributed by atoms with Gasteiger partial charge in [0.1, 0.15) is 0 Å². The molecule has 0 amide bonds. The van der Waals surface area contributed by atoms with Gasteiger partial charge in [0.15, 0.2) is 17.5 Å². The lowest BCUT2D eigenvalue weighted by molar-refractivity contribution is 1.04. The number of fused-ring (bicyclic) bond motifs is 3. The zero-order valence-corrected chi connectivity index (χ0v) is 29.9. The van der Waals surface area contributed by atoms with Crippen LogP contribution in [0.5, 0.6) is 0 Å². The number of pyridine rings is 2. The molecule has 0 aliphatic heterocycles. The number of aromatic nitrogens is 6. The molecule has 0 spiro atoms. The van der Waals surface area contributed by atoms with Crippen LogP contribution in [0.1, 0.15) is 11.4 Å². The Bertz CT molecular complexity index is 2880. The Labute approximate surface area is 319 Å². The largest absolute Gasteiger partial charge is 0.309 e. The second-order valence-corrected chi connectivity index (χ2v) is 13.2. The van der Waals surface area contributed by atoms with Crippen molar-refractivity contribution in [2.75, 3.05) is 0 Å². The molecule has 9 rings (SSSR count). The average molecular weight is 707 g/mol. The number of rotatable bonds is 9. The van der Waals surface area contributed by atoms with Crippen molar-refractivity contribution in [1.82, 2.24) is 29.5 Å². The molecule has 5 aromatic carbocycles. The second kappa shape index (κ2) is 14.5. The molecule has 0 bridgehead atoms. The van der Waals surface area contributed by atoms with E-state index in [9.17, 15) is 0 Å². The van der Waals surface area contributed by atoms with Gasteiger partial charge in [-0.05, 0) is 94.1 Å². The van der Waals surface area contributed by atoms with Gasteiger partial charge in [0.2, 0.25) is 0 Å². The summed E-state index contributed by atoms with van der Waals surface area (Å²) in [6, 6.07) is 50.3. The fourth-order valence-electron chi connectivity index (χ4n) is 7.01. The maximum absolute atomic E-state index is 5.05. The van der Waals surface area contributed by atoms with Crippen molar-refractivity contribution in [1.29, 1.82) is 0 Å². The summed E-state index contributed by atoms with van der Waals surface area (Å²) in [6.45, 7) is 8.43. The van der Waals surface area contributed by atoms with Crippen LogP contribution in [-0.2, 0) is 0 Å². The summed E-state index contributed by atoms with van der Waals surface area (Å²) in [5, 5.41) is 2.45. The van der Waals surface area contributed by atoms with E-state index in [2.05, 4.69) is 137 Å². The molecular formula is C49H34N6. The van der Waals surface area contributed by atoms with Crippen LogP contribution in [0.2, 0.25) is 0 Å². The second-order valence-electron chi connectivity index (χ2n) is 13.2. The molecule has 6 nitrogen and oxygen atoms in total. The molecular weight excluding hydrogens is 673 g/mol. The molecule has 0 aliphatic carbocycles. The molecule has 0 N–H and O–H groups in total. The highest BCUT2D eigenvalue weighted by molar-refractivity contribution is 6.10. The fourth-order valence-corrected chi connectivity index (χ4v) is 7.01. The normalized spacial score (nSPS) is 11.5. The number of hydrogen-bond acceptors (Lipinski definition) is 5. The highest BCUT2D eigenvalue weighted by atomic mass is 15.0. The third-order valence-electron chi connectivity index (χ3n) is 9.79. The van der Waals surface area contributed by atoms with Gasteiger partial charge in [-0.2, -0.15) is 0 Å². The molecule has 9 aromatic rings. The molecule has 4 aromatic heterocycles. The molecule has 0 unspecified atom stereocenters. The van der Waals surface area contributed by atoms with Crippen molar-refractivity contribution >= 4 is 33.0 Å². The Balaban J connectivity index is 1.14. The lowest BCUT2D eigenvalue weighted by atomic mass is 10.0. The van der Waals surface area contributed by atoms with E-state index in [0.29, 0.717) is 17.5 Å². The zero-order chi connectivity index (χ0) is 37.1. The third-order valence-corrected chi connectivity index (χ3v) is 9.79. The summed E-state index contributed by atoms with van der Waals surface area (Å²) in [7, 11) is 0. The lowest BCUT2D eigenvalue weighted by Crippen LogP contribution is -2.02. The Kier molecular flexibility index (Phi) is 8.74. The van der Waals surface area contributed by atoms with Crippen molar-refractivity contribution in [3.05, 3.63) is 207 Å². The van der Waals surface area contributed by atoms with Gasteiger partial charge in [-0.25, -0.2) is 15.0 Å². The molecule has 4 heterocycles. The van der Waals surface area contributed by atoms with Gasteiger partial charge in [0.05, 0.1) is 11.0 Å². The lowest BCUT2D eigenvalue weighted by Gasteiger charge is -2.11. The first kappa shape index (κ1) is 33.3. The summed E-state index contributed by atoms with van der Waals surface area (Å²) < 4.78 is 2.34. The minimum Gasteiger partial charge on any atom is -0.309 e. The predicted octanol–water partition coefficient (Wildman–Crippen LogP) is 11.7. The van der Waals surface area contributed by atoms with E-state index < -0.39 is 0 Å². The van der Waals surface area contributed by atoms with E-state index in [0.717, 1.165) is 61.3 Å². The highest BCUT2D eigenvalue weighted by Gasteiger charge is 2.16. The number of benzene rings is 5. The quantitative estimate of drug-likeness (QED) is 0.140. The molecule has 0 atom stereocenters. The van der Waals surface area contributed by atoms with Gasteiger partial charge < -0.3 is 4.57 Å². The predicted molar refractivity (Wildman–Crippen MR) is 225 cm³/mol. The molecule has 0 radical (unpaired) electrons. The van der Waals surface area contributed by atoms with Crippen molar-refractivity contribution in [3.63, 3.8) is 0 Å². The van der Waals surface area contributed by atoms with Crippen molar-refractivity contribution in [2.45, 2.75) is 0 Å². The van der Waals surface area contributed by atoms with Gasteiger partial charge in [-0.1, -0.05) is 110 Å². The summed E-state index contributed by atoms with van der Waals surface area (Å²) in [4.78, 5) is 23.4. The van der Waals surface area contributed by atoms with Crippen LogP contribution < -0.4 is 0 Å². The Morgan fingerprint density at radius 3 is 1.85 bits per heavy atom. The minimum absolute atomic E-state index is 0.503. The van der Waals surface area contributed by atoms with Gasteiger partial charge >= 0.3 is 0 Å². The monoisotopic (exact) mass is 706 g/mol. The topological polar surface area (TPSA) is 69.4 Å². The first-order valence-electron chi connectivity index (χ1n) is 18.0. The first-order chi connectivity index (χ1) is 27.1. The van der Waals surface area contributed by atoms with Crippen LogP contribution in [0, 0.1) is 0 Å². The summed E-state index contributed by atoms with van der Waals surface area (Å²) in [5.41, 5.74) is 12.0. The Morgan fingerprint density at radius 1 is 0.491 bits per heavy atom. The van der Waals surface area contributed by atoms with E-state index >= 15 is 0 Å². The molecule has 6 heteroatoms. The van der Waals surface area contributed by atoms with Crippen molar-refractivity contribution < 1.29 is 0 Å². The third kappa shape index (κ3) is 6.53. The summed E-state index contributed by atoms with van der Waals surface area (Å²) in [6.07, 6.45) is 10.8. The average Bonchev–Trinajstić information content (AvgIpc) is 3.60.